The first-order chi connectivity index (χ1) is 12.1. The van der Waals surface area contributed by atoms with Crippen LogP contribution >= 0.6 is 0 Å². The van der Waals surface area contributed by atoms with Crippen LogP contribution in [0, 0.1) is 6.92 Å². The van der Waals surface area contributed by atoms with Gasteiger partial charge in [0.05, 0.1) is 6.61 Å². The SMILES string of the molecule is Cc1ccc(CO)cc1NC(=O)c1ccc(N2CCCCC2=O)cc1. The van der Waals surface area contributed by atoms with Crippen LogP contribution < -0.4 is 10.2 Å². The zero-order chi connectivity index (χ0) is 17.8. The number of nitrogens with zero attached hydrogens (tertiary/aromatic N) is 1. The monoisotopic (exact) mass is 338 g/mol. The third-order valence-electron chi connectivity index (χ3n) is 4.50. The Morgan fingerprint density at radius 2 is 1.92 bits per heavy atom. The van der Waals surface area contributed by atoms with Crippen molar-refractivity contribution in [2.75, 3.05) is 16.8 Å². The number of anilines is 2. The van der Waals surface area contributed by atoms with E-state index >= 15 is 0 Å². The van der Waals surface area contributed by atoms with Crippen LogP contribution in [-0.4, -0.2) is 23.5 Å². The Bertz CT molecular complexity index is 784. The summed E-state index contributed by atoms with van der Waals surface area (Å²) in [5.74, 6) is -0.0744. The lowest BCUT2D eigenvalue weighted by Crippen LogP contribution is -2.35. The Morgan fingerprint density at radius 3 is 2.60 bits per heavy atom. The maximum atomic E-state index is 12.5. The molecule has 130 valence electrons. The number of rotatable bonds is 4. The second-order valence-corrected chi connectivity index (χ2v) is 6.31. The van der Waals surface area contributed by atoms with E-state index in [0.717, 1.165) is 36.2 Å². The van der Waals surface area contributed by atoms with Gasteiger partial charge in [-0.2, -0.15) is 0 Å². The van der Waals surface area contributed by atoms with E-state index in [4.69, 9.17) is 0 Å². The van der Waals surface area contributed by atoms with Gasteiger partial charge in [-0.3, -0.25) is 9.59 Å². The van der Waals surface area contributed by atoms with Gasteiger partial charge in [0.25, 0.3) is 5.91 Å². The fraction of sp³-hybridized carbons (Fsp3) is 0.300. The number of carbonyl (C=O) groups excluding carboxylic acids is 2. The quantitative estimate of drug-likeness (QED) is 0.899. The number of aliphatic hydroxyl groups excluding tert-OH is 1. The summed E-state index contributed by atoms with van der Waals surface area (Å²) in [6, 6.07) is 12.6. The first kappa shape index (κ1) is 17.2. The molecule has 25 heavy (non-hydrogen) atoms. The van der Waals surface area contributed by atoms with Gasteiger partial charge in [0, 0.05) is 29.9 Å². The van der Waals surface area contributed by atoms with Crippen molar-refractivity contribution in [3.05, 3.63) is 59.2 Å². The van der Waals surface area contributed by atoms with Crippen molar-refractivity contribution in [1.82, 2.24) is 0 Å². The molecule has 3 rings (SSSR count). The topological polar surface area (TPSA) is 69.6 Å². The molecule has 2 aromatic rings. The highest BCUT2D eigenvalue weighted by atomic mass is 16.3. The summed E-state index contributed by atoms with van der Waals surface area (Å²) in [5, 5.41) is 12.1. The number of aryl methyl sites for hydroxylation is 1. The number of benzene rings is 2. The molecule has 2 amide bonds. The van der Waals surface area contributed by atoms with Crippen molar-refractivity contribution in [2.24, 2.45) is 0 Å². The molecule has 5 nitrogen and oxygen atoms in total. The van der Waals surface area contributed by atoms with Crippen molar-refractivity contribution in [2.45, 2.75) is 32.8 Å². The van der Waals surface area contributed by atoms with E-state index in [-0.39, 0.29) is 18.4 Å². The minimum Gasteiger partial charge on any atom is -0.392 e. The first-order valence-electron chi connectivity index (χ1n) is 8.50. The summed E-state index contributed by atoms with van der Waals surface area (Å²) in [5.41, 5.74) is 3.73. The Hall–Kier alpha value is -2.66. The Balaban J connectivity index is 1.74. The van der Waals surface area contributed by atoms with Crippen LogP contribution in [-0.2, 0) is 11.4 Å². The van der Waals surface area contributed by atoms with Crippen LogP contribution in [0.15, 0.2) is 42.5 Å². The summed E-state index contributed by atoms with van der Waals surface area (Å²) in [7, 11) is 0. The summed E-state index contributed by atoms with van der Waals surface area (Å²) in [4.78, 5) is 26.2. The third-order valence-corrected chi connectivity index (χ3v) is 4.50. The minimum atomic E-state index is -0.213. The van der Waals surface area contributed by atoms with E-state index in [1.165, 1.54) is 0 Å². The molecule has 1 aliphatic rings. The molecule has 0 radical (unpaired) electrons. The van der Waals surface area contributed by atoms with E-state index < -0.39 is 0 Å². The van der Waals surface area contributed by atoms with E-state index in [1.54, 1.807) is 23.1 Å². The fourth-order valence-electron chi connectivity index (χ4n) is 2.97. The number of hydrogen-bond acceptors (Lipinski definition) is 3. The smallest absolute Gasteiger partial charge is 0.255 e. The molecule has 2 aromatic carbocycles. The highest BCUT2D eigenvalue weighted by Gasteiger charge is 2.19. The van der Waals surface area contributed by atoms with E-state index in [2.05, 4.69) is 5.32 Å². The number of piperidine rings is 1. The van der Waals surface area contributed by atoms with Crippen molar-refractivity contribution in [1.29, 1.82) is 0 Å². The van der Waals surface area contributed by atoms with Gasteiger partial charge in [-0.05, 0) is 61.2 Å². The van der Waals surface area contributed by atoms with Crippen molar-refractivity contribution in [3.8, 4) is 0 Å². The molecule has 1 fully saturated rings. The average Bonchev–Trinajstić information content (AvgIpc) is 2.64. The standard InChI is InChI=1S/C20H22N2O3/c1-14-5-6-15(13-23)12-18(14)21-20(25)16-7-9-17(10-8-16)22-11-3-2-4-19(22)24/h5-10,12,23H,2-4,11,13H2,1H3,(H,21,25). The van der Waals surface area contributed by atoms with Crippen LogP contribution in [0.2, 0.25) is 0 Å². The largest absolute Gasteiger partial charge is 0.392 e. The van der Waals surface area contributed by atoms with Gasteiger partial charge < -0.3 is 15.3 Å². The van der Waals surface area contributed by atoms with E-state index in [9.17, 15) is 14.7 Å². The lowest BCUT2D eigenvalue weighted by atomic mass is 10.1. The fourth-order valence-corrected chi connectivity index (χ4v) is 2.97. The van der Waals surface area contributed by atoms with Crippen molar-refractivity contribution < 1.29 is 14.7 Å². The van der Waals surface area contributed by atoms with Gasteiger partial charge in [0.15, 0.2) is 0 Å². The van der Waals surface area contributed by atoms with Gasteiger partial charge in [-0.25, -0.2) is 0 Å². The number of amides is 2. The molecular formula is C20H22N2O3. The molecule has 2 N–H and O–H groups in total. The highest BCUT2D eigenvalue weighted by molar-refractivity contribution is 6.05. The van der Waals surface area contributed by atoms with Crippen molar-refractivity contribution >= 4 is 23.2 Å². The first-order valence-corrected chi connectivity index (χ1v) is 8.50. The molecule has 0 aliphatic carbocycles. The van der Waals surface area contributed by atoms with E-state index in [0.29, 0.717) is 17.7 Å². The highest BCUT2D eigenvalue weighted by Crippen LogP contribution is 2.22. The van der Waals surface area contributed by atoms with Gasteiger partial charge >= 0.3 is 0 Å². The van der Waals surface area contributed by atoms with Crippen molar-refractivity contribution in [3.63, 3.8) is 0 Å². The lowest BCUT2D eigenvalue weighted by molar-refractivity contribution is -0.119. The number of carbonyl (C=O) groups is 2. The molecule has 5 heteroatoms. The normalized spacial score (nSPS) is 14.5. The Labute approximate surface area is 147 Å². The van der Waals surface area contributed by atoms with Gasteiger partial charge in [0.1, 0.15) is 0 Å². The van der Waals surface area contributed by atoms with Crippen LogP contribution in [0.25, 0.3) is 0 Å². The molecule has 0 aromatic heterocycles. The maximum absolute atomic E-state index is 12.5. The molecule has 1 aliphatic heterocycles. The number of aliphatic hydroxyl groups is 1. The van der Waals surface area contributed by atoms with Crippen LogP contribution in [0.4, 0.5) is 11.4 Å². The number of nitrogens with one attached hydrogen (secondary N) is 1. The van der Waals surface area contributed by atoms with Gasteiger partial charge in [-0.15, -0.1) is 0 Å². The average molecular weight is 338 g/mol. The predicted octanol–water partition coefficient (Wildman–Crippen LogP) is 3.26. The second kappa shape index (κ2) is 7.49. The maximum Gasteiger partial charge on any atom is 0.255 e. The molecule has 0 unspecified atom stereocenters. The lowest BCUT2D eigenvalue weighted by Gasteiger charge is -2.26. The third kappa shape index (κ3) is 3.88. The molecule has 0 saturated carbocycles. The van der Waals surface area contributed by atoms with Crippen LogP contribution in [0.3, 0.4) is 0 Å². The second-order valence-electron chi connectivity index (χ2n) is 6.31. The van der Waals surface area contributed by atoms with Gasteiger partial charge in [-0.1, -0.05) is 12.1 Å². The minimum absolute atomic E-state index is 0.0677. The zero-order valence-corrected chi connectivity index (χ0v) is 14.3. The Kier molecular flexibility index (Phi) is 5.14. The summed E-state index contributed by atoms with van der Waals surface area (Å²) >= 11 is 0. The van der Waals surface area contributed by atoms with Gasteiger partial charge in [0.2, 0.25) is 5.91 Å². The van der Waals surface area contributed by atoms with E-state index in [1.807, 2.05) is 31.2 Å². The summed E-state index contributed by atoms with van der Waals surface area (Å²) in [6.45, 7) is 2.57. The van der Waals surface area contributed by atoms with Crippen LogP contribution in [0.1, 0.15) is 40.7 Å². The molecule has 0 spiro atoms. The van der Waals surface area contributed by atoms with Crippen LogP contribution in [0.5, 0.6) is 0 Å². The predicted molar refractivity (Wildman–Crippen MR) is 97.7 cm³/mol. The summed E-state index contributed by atoms with van der Waals surface area (Å²) in [6.07, 6.45) is 2.54. The zero-order valence-electron chi connectivity index (χ0n) is 14.3. The molecule has 1 saturated heterocycles. The number of hydrogen-bond donors (Lipinski definition) is 2. The molecular weight excluding hydrogens is 316 g/mol. The molecule has 0 atom stereocenters. The summed E-state index contributed by atoms with van der Waals surface area (Å²) < 4.78 is 0. The molecule has 1 heterocycles. The molecule has 0 bridgehead atoms. The Morgan fingerprint density at radius 1 is 1.16 bits per heavy atom.